The third kappa shape index (κ3) is 5.50. The van der Waals surface area contributed by atoms with Gasteiger partial charge in [0.25, 0.3) is 5.69 Å². The molecular formula is C20H21NO6. The van der Waals surface area contributed by atoms with Crippen molar-refractivity contribution in [1.29, 1.82) is 0 Å². The molecule has 142 valence electrons. The minimum atomic E-state index is -0.429. The summed E-state index contributed by atoms with van der Waals surface area (Å²) in [5, 5.41) is 10.7. The van der Waals surface area contributed by atoms with Crippen LogP contribution in [0.15, 0.2) is 49.2 Å². The van der Waals surface area contributed by atoms with E-state index in [-0.39, 0.29) is 5.69 Å². The normalized spacial score (nSPS) is 10.4. The Bertz CT molecular complexity index is 789. The van der Waals surface area contributed by atoms with Gasteiger partial charge < -0.3 is 18.9 Å². The first-order chi connectivity index (χ1) is 13.1. The maximum atomic E-state index is 10.7. The van der Waals surface area contributed by atoms with E-state index in [1.54, 1.807) is 26.4 Å². The number of methoxy groups -OCH3 is 2. The number of non-ortho nitro benzene ring substituents is 1. The van der Waals surface area contributed by atoms with E-state index in [1.165, 1.54) is 18.4 Å². The molecule has 0 aliphatic heterocycles. The zero-order valence-electron chi connectivity index (χ0n) is 15.2. The van der Waals surface area contributed by atoms with Crippen LogP contribution in [-0.4, -0.2) is 32.4 Å². The Hall–Kier alpha value is -3.48. The smallest absolute Gasteiger partial charge is 0.269 e. The standard InChI is InChI=1S/C20H21NO6/c1-4-26-11-12-27-20-18(24-2)13-16(14-19(20)25-3)6-5-15-7-9-17(10-8-15)21(22)23/h4-10,13-14H,1,11-12H2,2-3H3/b6-5+. The van der Waals surface area contributed by atoms with Crippen molar-refractivity contribution in [2.24, 2.45) is 0 Å². The maximum Gasteiger partial charge on any atom is 0.269 e. The van der Waals surface area contributed by atoms with Gasteiger partial charge in [-0.1, -0.05) is 18.7 Å². The highest BCUT2D eigenvalue weighted by molar-refractivity contribution is 5.73. The van der Waals surface area contributed by atoms with Crippen molar-refractivity contribution in [2.75, 3.05) is 27.4 Å². The molecule has 7 heteroatoms. The molecule has 0 aliphatic carbocycles. The first-order valence-electron chi connectivity index (χ1n) is 8.13. The zero-order chi connectivity index (χ0) is 19.6. The van der Waals surface area contributed by atoms with Gasteiger partial charge in [0.15, 0.2) is 11.5 Å². The van der Waals surface area contributed by atoms with Crippen LogP contribution < -0.4 is 14.2 Å². The molecule has 0 aromatic heterocycles. The number of nitro groups is 1. The Balaban J connectivity index is 2.21. The monoisotopic (exact) mass is 371 g/mol. The van der Waals surface area contributed by atoms with Crippen molar-refractivity contribution in [2.45, 2.75) is 0 Å². The molecule has 0 bridgehead atoms. The molecule has 0 spiro atoms. The fourth-order valence-corrected chi connectivity index (χ4v) is 2.31. The summed E-state index contributed by atoms with van der Waals surface area (Å²) in [6.45, 7) is 4.15. The molecule has 2 aromatic rings. The average molecular weight is 371 g/mol. The lowest BCUT2D eigenvalue weighted by atomic mass is 10.1. The summed E-state index contributed by atoms with van der Waals surface area (Å²) in [4.78, 5) is 10.3. The lowest BCUT2D eigenvalue weighted by Crippen LogP contribution is -2.06. The summed E-state index contributed by atoms with van der Waals surface area (Å²) in [6.07, 6.45) is 5.05. The summed E-state index contributed by atoms with van der Waals surface area (Å²) in [5.74, 6) is 1.53. The van der Waals surface area contributed by atoms with Crippen LogP contribution in [0.5, 0.6) is 17.2 Å². The molecule has 7 nitrogen and oxygen atoms in total. The van der Waals surface area contributed by atoms with Gasteiger partial charge in [-0.2, -0.15) is 0 Å². The SMILES string of the molecule is C=COCCOc1c(OC)cc(/C=C/c2ccc([N+](=O)[O-])cc2)cc1OC. The molecular weight excluding hydrogens is 350 g/mol. The Morgan fingerprint density at radius 2 is 1.59 bits per heavy atom. The van der Waals surface area contributed by atoms with Gasteiger partial charge in [-0.05, 0) is 35.4 Å². The second-order valence-electron chi connectivity index (χ2n) is 5.32. The number of benzene rings is 2. The van der Waals surface area contributed by atoms with Gasteiger partial charge in [-0.15, -0.1) is 0 Å². The molecule has 0 heterocycles. The van der Waals surface area contributed by atoms with Gasteiger partial charge in [-0.25, -0.2) is 0 Å². The highest BCUT2D eigenvalue weighted by Crippen LogP contribution is 2.39. The summed E-state index contributed by atoms with van der Waals surface area (Å²) in [6, 6.07) is 9.91. The van der Waals surface area contributed by atoms with Crippen LogP contribution in [0, 0.1) is 10.1 Å². The van der Waals surface area contributed by atoms with Gasteiger partial charge in [0.05, 0.1) is 25.4 Å². The summed E-state index contributed by atoms with van der Waals surface area (Å²) >= 11 is 0. The topological polar surface area (TPSA) is 80.1 Å². The zero-order valence-corrected chi connectivity index (χ0v) is 15.2. The molecule has 2 aromatic carbocycles. The second kappa shape index (κ2) is 9.86. The molecule has 0 fully saturated rings. The summed E-state index contributed by atoms with van der Waals surface area (Å²) < 4.78 is 21.5. The lowest BCUT2D eigenvalue weighted by molar-refractivity contribution is -0.384. The fraction of sp³-hybridized carbons (Fsp3) is 0.200. The van der Waals surface area contributed by atoms with Crippen molar-refractivity contribution < 1.29 is 23.9 Å². The van der Waals surface area contributed by atoms with E-state index in [0.717, 1.165) is 11.1 Å². The Morgan fingerprint density at radius 1 is 1.00 bits per heavy atom. The summed E-state index contributed by atoms with van der Waals surface area (Å²) in [5.41, 5.74) is 1.72. The van der Waals surface area contributed by atoms with E-state index in [9.17, 15) is 10.1 Å². The van der Waals surface area contributed by atoms with Crippen LogP contribution in [-0.2, 0) is 4.74 Å². The van der Waals surface area contributed by atoms with E-state index in [2.05, 4.69) is 6.58 Å². The molecule has 0 radical (unpaired) electrons. The average Bonchev–Trinajstić information content (AvgIpc) is 2.69. The van der Waals surface area contributed by atoms with E-state index in [1.807, 2.05) is 24.3 Å². The largest absolute Gasteiger partial charge is 0.498 e. The van der Waals surface area contributed by atoms with Crippen LogP contribution in [0.3, 0.4) is 0 Å². The number of nitrogens with zero attached hydrogens (tertiary/aromatic N) is 1. The van der Waals surface area contributed by atoms with E-state index in [0.29, 0.717) is 30.5 Å². The lowest BCUT2D eigenvalue weighted by Gasteiger charge is -2.15. The highest BCUT2D eigenvalue weighted by Gasteiger charge is 2.13. The third-order valence-corrected chi connectivity index (χ3v) is 3.62. The van der Waals surface area contributed by atoms with E-state index in [4.69, 9.17) is 18.9 Å². The van der Waals surface area contributed by atoms with Crippen LogP contribution in [0.4, 0.5) is 5.69 Å². The molecule has 0 unspecified atom stereocenters. The highest BCUT2D eigenvalue weighted by atomic mass is 16.6. The molecule has 0 aliphatic rings. The molecule has 2 rings (SSSR count). The van der Waals surface area contributed by atoms with Crippen LogP contribution in [0.1, 0.15) is 11.1 Å². The van der Waals surface area contributed by atoms with Gasteiger partial charge in [0.1, 0.15) is 13.2 Å². The number of hydrogen-bond acceptors (Lipinski definition) is 6. The van der Waals surface area contributed by atoms with Crippen molar-refractivity contribution in [3.05, 3.63) is 70.5 Å². The van der Waals surface area contributed by atoms with Gasteiger partial charge in [-0.3, -0.25) is 10.1 Å². The predicted octanol–water partition coefficient (Wildman–Crippen LogP) is 4.32. The fourth-order valence-electron chi connectivity index (χ4n) is 2.31. The first kappa shape index (κ1) is 19.8. The number of hydrogen-bond donors (Lipinski definition) is 0. The minimum Gasteiger partial charge on any atom is -0.498 e. The van der Waals surface area contributed by atoms with Crippen LogP contribution >= 0.6 is 0 Å². The number of nitro benzene ring substituents is 1. The Labute approximate surface area is 157 Å². The van der Waals surface area contributed by atoms with Gasteiger partial charge >= 0.3 is 0 Å². The molecule has 0 N–H and O–H groups in total. The van der Waals surface area contributed by atoms with Crippen LogP contribution in [0.2, 0.25) is 0 Å². The number of ether oxygens (including phenoxy) is 4. The molecule has 27 heavy (non-hydrogen) atoms. The quantitative estimate of drug-likeness (QED) is 0.203. The summed E-state index contributed by atoms with van der Waals surface area (Å²) in [7, 11) is 3.09. The molecule has 0 saturated heterocycles. The third-order valence-electron chi connectivity index (χ3n) is 3.62. The van der Waals surface area contributed by atoms with Gasteiger partial charge in [0, 0.05) is 12.1 Å². The Morgan fingerprint density at radius 3 is 2.11 bits per heavy atom. The van der Waals surface area contributed by atoms with Crippen molar-refractivity contribution in [3.8, 4) is 17.2 Å². The number of rotatable bonds is 10. The first-order valence-corrected chi connectivity index (χ1v) is 8.13. The van der Waals surface area contributed by atoms with Crippen molar-refractivity contribution in [3.63, 3.8) is 0 Å². The molecule has 0 saturated carbocycles. The van der Waals surface area contributed by atoms with E-state index < -0.39 is 4.92 Å². The maximum absolute atomic E-state index is 10.7. The molecule has 0 atom stereocenters. The van der Waals surface area contributed by atoms with Crippen molar-refractivity contribution >= 4 is 17.8 Å². The van der Waals surface area contributed by atoms with Gasteiger partial charge in [0.2, 0.25) is 5.75 Å². The second-order valence-corrected chi connectivity index (χ2v) is 5.32. The Kier molecular flexibility index (Phi) is 7.25. The van der Waals surface area contributed by atoms with E-state index >= 15 is 0 Å². The van der Waals surface area contributed by atoms with Crippen molar-refractivity contribution in [1.82, 2.24) is 0 Å². The minimum absolute atomic E-state index is 0.0532. The molecule has 0 amide bonds. The van der Waals surface area contributed by atoms with Crippen LogP contribution in [0.25, 0.3) is 12.2 Å². The predicted molar refractivity (Wildman–Crippen MR) is 103 cm³/mol.